The van der Waals surface area contributed by atoms with Gasteiger partial charge in [0.15, 0.2) is 0 Å². The maximum Gasteiger partial charge on any atom is 0.255 e. The number of anilines is 1. The fourth-order valence-corrected chi connectivity index (χ4v) is 4.70. The molecule has 1 aliphatic rings. The fourth-order valence-electron chi connectivity index (χ4n) is 4.70. The molecule has 0 atom stereocenters. The van der Waals surface area contributed by atoms with Gasteiger partial charge in [-0.2, -0.15) is 5.10 Å². The number of nitrogens with zero attached hydrogens (tertiary/aromatic N) is 2. The van der Waals surface area contributed by atoms with Gasteiger partial charge in [-0.25, -0.2) is 0 Å². The van der Waals surface area contributed by atoms with E-state index in [-0.39, 0.29) is 5.91 Å². The van der Waals surface area contributed by atoms with Gasteiger partial charge < -0.3 is 10.4 Å². The quantitative estimate of drug-likeness (QED) is 0.541. The molecule has 0 saturated heterocycles. The lowest BCUT2D eigenvalue weighted by atomic mass is 9.80. The molecule has 3 aromatic rings. The van der Waals surface area contributed by atoms with Crippen molar-refractivity contribution in [3.8, 4) is 0 Å². The van der Waals surface area contributed by atoms with Crippen molar-refractivity contribution in [1.82, 2.24) is 9.78 Å². The van der Waals surface area contributed by atoms with Gasteiger partial charge in [0.1, 0.15) is 0 Å². The van der Waals surface area contributed by atoms with Crippen molar-refractivity contribution >= 4 is 22.5 Å². The zero-order valence-corrected chi connectivity index (χ0v) is 18.9. The van der Waals surface area contributed by atoms with Gasteiger partial charge in [-0.1, -0.05) is 32.0 Å². The van der Waals surface area contributed by atoms with Crippen molar-refractivity contribution < 1.29 is 9.90 Å². The van der Waals surface area contributed by atoms with Gasteiger partial charge in [0.25, 0.3) is 5.91 Å². The summed E-state index contributed by atoms with van der Waals surface area (Å²) >= 11 is 0. The number of rotatable bonds is 5. The molecule has 5 heteroatoms. The average Bonchev–Trinajstić information content (AvgIpc) is 3.16. The minimum absolute atomic E-state index is 0.190. The molecule has 0 aliphatic heterocycles. The molecule has 0 bridgehead atoms. The first-order valence-electron chi connectivity index (χ1n) is 11.3. The summed E-state index contributed by atoms with van der Waals surface area (Å²) in [6, 6.07) is 13.4. The molecule has 0 radical (unpaired) electrons. The van der Waals surface area contributed by atoms with E-state index < -0.39 is 5.60 Å². The highest BCUT2D eigenvalue weighted by molar-refractivity contribution is 6.05. The van der Waals surface area contributed by atoms with E-state index in [0.717, 1.165) is 35.6 Å². The summed E-state index contributed by atoms with van der Waals surface area (Å²) in [4.78, 5) is 12.8. The Kier molecular flexibility index (Phi) is 5.89. The second-order valence-corrected chi connectivity index (χ2v) is 9.76. The van der Waals surface area contributed by atoms with Crippen LogP contribution < -0.4 is 5.32 Å². The van der Waals surface area contributed by atoms with Gasteiger partial charge in [0.05, 0.1) is 17.2 Å². The summed E-state index contributed by atoms with van der Waals surface area (Å²) in [5.74, 6) is 1.36. The Morgan fingerprint density at radius 3 is 2.42 bits per heavy atom. The molecular weight excluding hydrogens is 386 g/mol. The number of aromatic nitrogens is 2. The molecule has 1 aliphatic carbocycles. The third-order valence-corrected chi connectivity index (χ3v) is 6.66. The lowest BCUT2D eigenvalue weighted by Crippen LogP contribution is -2.21. The molecule has 5 nitrogen and oxygen atoms in total. The monoisotopic (exact) mass is 419 g/mol. The van der Waals surface area contributed by atoms with E-state index in [1.165, 1.54) is 12.8 Å². The molecule has 164 valence electrons. The SMILES string of the molecule is CC(C)C1CCC(n2cc3cc(NC(=O)c4ccccc4)c(C(C)(C)O)cc3n2)CC1. The molecule has 1 saturated carbocycles. The highest BCUT2D eigenvalue weighted by atomic mass is 16.3. The van der Waals surface area contributed by atoms with Crippen LogP contribution in [0.2, 0.25) is 0 Å². The van der Waals surface area contributed by atoms with E-state index >= 15 is 0 Å². The summed E-state index contributed by atoms with van der Waals surface area (Å²) in [6.45, 7) is 8.10. The summed E-state index contributed by atoms with van der Waals surface area (Å²) in [7, 11) is 0. The van der Waals surface area contributed by atoms with E-state index in [9.17, 15) is 9.90 Å². The van der Waals surface area contributed by atoms with Crippen molar-refractivity contribution in [2.24, 2.45) is 11.8 Å². The van der Waals surface area contributed by atoms with E-state index in [2.05, 4.69) is 30.0 Å². The predicted octanol–water partition coefficient (Wildman–Crippen LogP) is 5.90. The number of nitrogens with one attached hydrogen (secondary N) is 1. The Balaban J connectivity index is 1.64. The maximum absolute atomic E-state index is 12.8. The van der Waals surface area contributed by atoms with Crippen molar-refractivity contribution in [3.63, 3.8) is 0 Å². The van der Waals surface area contributed by atoms with E-state index in [1.54, 1.807) is 26.0 Å². The maximum atomic E-state index is 12.8. The summed E-state index contributed by atoms with van der Waals surface area (Å²) in [5, 5.41) is 19.6. The van der Waals surface area contributed by atoms with Gasteiger partial charge in [0.2, 0.25) is 0 Å². The Morgan fingerprint density at radius 1 is 1.13 bits per heavy atom. The van der Waals surface area contributed by atoms with Crippen LogP contribution in [0.15, 0.2) is 48.7 Å². The van der Waals surface area contributed by atoms with Crippen molar-refractivity contribution in [2.45, 2.75) is 65.0 Å². The Labute approximate surface area is 184 Å². The number of carbonyl (C=O) groups excluding carboxylic acids is 1. The highest BCUT2D eigenvalue weighted by Gasteiger charge is 2.26. The zero-order chi connectivity index (χ0) is 22.2. The number of fused-ring (bicyclic) bond motifs is 1. The summed E-state index contributed by atoms with van der Waals surface area (Å²) in [5.41, 5.74) is 1.62. The summed E-state index contributed by atoms with van der Waals surface area (Å²) in [6.07, 6.45) is 6.86. The number of aliphatic hydroxyl groups is 1. The van der Waals surface area contributed by atoms with Crippen LogP contribution in [0.5, 0.6) is 0 Å². The molecule has 1 aromatic heterocycles. The van der Waals surface area contributed by atoms with E-state index in [1.807, 2.05) is 30.3 Å². The van der Waals surface area contributed by atoms with Crippen LogP contribution in [0, 0.1) is 11.8 Å². The Bertz CT molecular complexity index is 1060. The lowest BCUT2D eigenvalue weighted by Gasteiger charge is -2.30. The minimum Gasteiger partial charge on any atom is -0.386 e. The van der Waals surface area contributed by atoms with Gasteiger partial charge in [-0.05, 0) is 75.6 Å². The van der Waals surface area contributed by atoms with Crippen LogP contribution in [0.25, 0.3) is 10.9 Å². The average molecular weight is 420 g/mol. The molecule has 31 heavy (non-hydrogen) atoms. The second kappa shape index (κ2) is 8.46. The molecule has 0 unspecified atom stereocenters. The van der Waals surface area contributed by atoms with Gasteiger partial charge in [-0.15, -0.1) is 0 Å². The lowest BCUT2D eigenvalue weighted by molar-refractivity contribution is 0.0794. The van der Waals surface area contributed by atoms with Crippen molar-refractivity contribution in [2.75, 3.05) is 5.32 Å². The van der Waals surface area contributed by atoms with E-state index in [4.69, 9.17) is 5.10 Å². The molecule has 1 heterocycles. The van der Waals surface area contributed by atoms with Gasteiger partial charge >= 0.3 is 0 Å². The van der Waals surface area contributed by atoms with Crippen LogP contribution in [-0.4, -0.2) is 20.8 Å². The first kappa shape index (κ1) is 21.6. The molecule has 0 spiro atoms. The smallest absolute Gasteiger partial charge is 0.255 e. The van der Waals surface area contributed by atoms with Crippen LogP contribution in [0.4, 0.5) is 5.69 Å². The standard InChI is InChI=1S/C26H33N3O2/c1-17(2)18-10-12-21(13-11-18)29-16-20-14-24(22(26(3,4)31)15-23(20)28-29)27-25(30)19-8-6-5-7-9-19/h5-9,14-18,21,31H,10-13H2,1-4H3,(H,27,30). The fraction of sp³-hybridized carbons (Fsp3) is 0.462. The highest BCUT2D eigenvalue weighted by Crippen LogP contribution is 2.37. The van der Waals surface area contributed by atoms with Crippen LogP contribution >= 0.6 is 0 Å². The third kappa shape index (κ3) is 4.67. The second-order valence-electron chi connectivity index (χ2n) is 9.76. The van der Waals surface area contributed by atoms with Crippen molar-refractivity contribution in [1.29, 1.82) is 0 Å². The molecule has 1 amide bonds. The minimum atomic E-state index is -1.10. The van der Waals surface area contributed by atoms with Crippen LogP contribution in [0.1, 0.15) is 75.3 Å². The molecule has 2 aromatic carbocycles. The van der Waals surface area contributed by atoms with Crippen LogP contribution in [-0.2, 0) is 5.60 Å². The zero-order valence-electron chi connectivity index (χ0n) is 18.9. The number of benzene rings is 2. The molecular formula is C26H33N3O2. The first-order valence-corrected chi connectivity index (χ1v) is 11.3. The largest absolute Gasteiger partial charge is 0.386 e. The summed E-state index contributed by atoms with van der Waals surface area (Å²) < 4.78 is 2.10. The van der Waals surface area contributed by atoms with Gasteiger partial charge in [0, 0.05) is 28.4 Å². The predicted molar refractivity (Wildman–Crippen MR) is 125 cm³/mol. The third-order valence-electron chi connectivity index (χ3n) is 6.66. The number of carbonyl (C=O) groups is 1. The first-order chi connectivity index (χ1) is 14.7. The molecule has 4 rings (SSSR count). The number of hydrogen-bond acceptors (Lipinski definition) is 3. The van der Waals surface area contributed by atoms with Gasteiger partial charge in [-0.3, -0.25) is 9.48 Å². The Morgan fingerprint density at radius 2 is 1.81 bits per heavy atom. The number of amides is 1. The molecule has 2 N–H and O–H groups in total. The van der Waals surface area contributed by atoms with E-state index in [0.29, 0.717) is 22.9 Å². The van der Waals surface area contributed by atoms with Crippen LogP contribution in [0.3, 0.4) is 0 Å². The number of hydrogen-bond donors (Lipinski definition) is 2. The normalized spacial score (nSPS) is 19.7. The Hall–Kier alpha value is -2.66. The topological polar surface area (TPSA) is 67.2 Å². The molecule has 1 fully saturated rings. The van der Waals surface area contributed by atoms with Crippen molar-refractivity contribution in [3.05, 3.63) is 59.8 Å².